The summed E-state index contributed by atoms with van der Waals surface area (Å²) in [7, 11) is 0. The van der Waals surface area contributed by atoms with E-state index in [0.717, 1.165) is 77.3 Å². The van der Waals surface area contributed by atoms with E-state index < -0.39 is 0 Å². The third-order valence-corrected chi connectivity index (χ3v) is 10.4. The van der Waals surface area contributed by atoms with Crippen molar-refractivity contribution in [2.24, 2.45) is 0 Å². The Kier molecular flexibility index (Phi) is 6.90. The number of hydrogen-bond donors (Lipinski definition) is 0. The van der Waals surface area contributed by atoms with E-state index in [1.807, 2.05) is 42.5 Å². The van der Waals surface area contributed by atoms with Gasteiger partial charge in [0.25, 0.3) is 0 Å². The van der Waals surface area contributed by atoms with Crippen molar-refractivity contribution in [3.63, 3.8) is 0 Å². The highest BCUT2D eigenvalue weighted by Gasteiger charge is 2.16. The topological polar surface area (TPSA) is 46.0 Å². The van der Waals surface area contributed by atoms with Gasteiger partial charge in [0.15, 0.2) is 5.69 Å². The van der Waals surface area contributed by atoms with Crippen LogP contribution in [0.1, 0.15) is 5.56 Å². The number of hydrogen-bond acceptors (Lipinski definition) is 2. The van der Waals surface area contributed by atoms with E-state index in [0.29, 0.717) is 11.3 Å². The maximum absolute atomic E-state index is 9.32. The second kappa shape index (κ2) is 12.1. The molecule has 0 spiro atoms. The number of para-hydroxylation sites is 1. The van der Waals surface area contributed by atoms with Gasteiger partial charge in [0.1, 0.15) is 0 Å². The summed E-state index contributed by atoms with van der Waals surface area (Å²) in [5.41, 5.74) is 11.8. The summed E-state index contributed by atoms with van der Waals surface area (Å²) in [6, 6.07) is 61.1. The number of fused-ring (bicyclic) bond motifs is 8. The van der Waals surface area contributed by atoms with Gasteiger partial charge < -0.3 is 4.57 Å². The molecule has 244 valence electrons. The van der Waals surface area contributed by atoms with Crippen LogP contribution >= 0.6 is 0 Å². The highest BCUT2D eigenvalue weighted by molar-refractivity contribution is 6.22. The van der Waals surface area contributed by atoms with E-state index in [1.54, 1.807) is 0 Å². The molecule has 0 bridgehead atoms. The Hall–Kier alpha value is -7.53. The summed E-state index contributed by atoms with van der Waals surface area (Å²) in [5, 5.41) is 17.3. The largest absolute Gasteiger partial charge is 0.309 e. The van der Waals surface area contributed by atoms with Crippen LogP contribution in [0.2, 0.25) is 0 Å². The molecule has 10 rings (SSSR count). The first-order valence-corrected chi connectivity index (χ1v) is 17.5. The molecule has 53 heavy (non-hydrogen) atoms. The molecule has 8 aromatic carbocycles. The zero-order valence-corrected chi connectivity index (χ0v) is 28.5. The van der Waals surface area contributed by atoms with Gasteiger partial charge in [-0.05, 0) is 93.0 Å². The zero-order valence-electron chi connectivity index (χ0n) is 28.5. The van der Waals surface area contributed by atoms with Crippen LogP contribution in [0.25, 0.3) is 98.3 Å². The predicted molar refractivity (Wildman–Crippen MR) is 218 cm³/mol. The van der Waals surface area contributed by atoms with Crippen LogP contribution in [-0.2, 0) is 0 Å². The van der Waals surface area contributed by atoms with Crippen LogP contribution in [0.5, 0.6) is 0 Å². The van der Waals surface area contributed by atoms with Gasteiger partial charge in [0.2, 0.25) is 0 Å². The van der Waals surface area contributed by atoms with Crippen molar-refractivity contribution in [3.8, 4) is 45.3 Å². The molecule has 0 aliphatic carbocycles. The highest BCUT2D eigenvalue weighted by atomic mass is 15.0. The first kappa shape index (κ1) is 30.3. The van der Waals surface area contributed by atoms with Crippen LogP contribution in [0.3, 0.4) is 0 Å². The Morgan fingerprint density at radius 2 is 1.13 bits per heavy atom. The van der Waals surface area contributed by atoms with E-state index in [1.165, 1.54) is 16.2 Å². The summed E-state index contributed by atoms with van der Waals surface area (Å²) < 4.78 is 2.28. The third kappa shape index (κ3) is 4.94. The fourth-order valence-corrected chi connectivity index (χ4v) is 7.85. The lowest BCUT2D eigenvalue weighted by Crippen LogP contribution is -1.93. The molecule has 0 aliphatic rings. The zero-order chi connectivity index (χ0) is 35.5. The molecule has 4 nitrogen and oxygen atoms in total. The molecule has 10 aromatic rings. The molecule has 0 N–H and O–H groups in total. The van der Waals surface area contributed by atoms with Crippen LogP contribution in [0.4, 0.5) is 5.69 Å². The van der Waals surface area contributed by atoms with Crippen molar-refractivity contribution in [2.45, 2.75) is 0 Å². The number of pyridine rings is 1. The van der Waals surface area contributed by atoms with Crippen molar-refractivity contribution in [1.29, 1.82) is 5.26 Å². The fourth-order valence-electron chi connectivity index (χ4n) is 7.85. The lowest BCUT2D eigenvalue weighted by atomic mass is 9.93. The normalized spacial score (nSPS) is 11.4. The molecule has 0 radical (unpaired) electrons. The van der Waals surface area contributed by atoms with Crippen LogP contribution in [0, 0.1) is 17.9 Å². The Balaban J connectivity index is 1.12. The molecule has 0 aliphatic heterocycles. The Morgan fingerprint density at radius 1 is 0.509 bits per heavy atom. The van der Waals surface area contributed by atoms with Crippen molar-refractivity contribution < 1.29 is 0 Å². The van der Waals surface area contributed by atoms with Crippen molar-refractivity contribution in [3.05, 3.63) is 187 Å². The SMILES string of the molecule is [C-]#[N+]c1ccc2c(c1)c1cc(-c3ccc(-c4nc5cc(-c6ccc(C#N)cc6)ccc5c5c4ccc4ccccc45)cc3)ccc1n2-c1ccccc1. The minimum absolute atomic E-state index is 0.631. The van der Waals surface area contributed by atoms with Crippen molar-refractivity contribution in [1.82, 2.24) is 9.55 Å². The van der Waals surface area contributed by atoms with Crippen molar-refractivity contribution in [2.75, 3.05) is 0 Å². The van der Waals surface area contributed by atoms with Crippen molar-refractivity contribution >= 4 is 59.9 Å². The number of nitriles is 1. The van der Waals surface area contributed by atoms with Crippen LogP contribution in [0.15, 0.2) is 170 Å². The molecule has 0 amide bonds. The van der Waals surface area contributed by atoms with Gasteiger partial charge in [-0.3, -0.25) is 0 Å². The molecule has 4 heteroatoms. The fraction of sp³-hybridized carbons (Fsp3) is 0. The van der Waals surface area contributed by atoms with E-state index in [-0.39, 0.29) is 0 Å². The van der Waals surface area contributed by atoms with E-state index in [2.05, 4.69) is 143 Å². The quantitative estimate of drug-likeness (QED) is 0.138. The minimum atomic E-state index is 0.631. The van der Waals surface area contributed by atoms with Gasteiger partial charge in [-0.2, -0.15) is 5.26 Å². The van der Waals surface area contributed by atoms with Crippen LogP contribution < -0.4 is 0 Å². The van der Waals surface area contributed by atoms with E-state index in [4.69, 9.17) is 11.6 Å². The smallest absolute Gasteiger partial charge is 0.188 e. The first-order chi connectivity index (χ1) is 26.2. The predicted octanol–water partition coefficient (Wildman–Crippen LogP) is 13.1. The maximum atomic E-state index is 9.32. The molecule has 0 fully saturated rings. The van der Waals surface area contributed by atoms with Gasteiger partial charge in [-0.25, -0.2) is 9.83 Å². The summed E-state index contributed by atoms with van der Waals surface area (Å²) in [6.45, 7) is 7.67. The van der Waals surface area contributed by atoms with Gasteiger partial charge >= 0.3 is 0 Å². The summed E-state index contributed by atoms with van der Waals surface area (Å²) in [4.78, 5) is 9.08. The average molecular weight is 673 g/mol. The molecular formula is C49H28N4. The molecule has 0 saturated heterocycles. The monoisotopic (exact) mass is 672 g/mol. The lowest BCUT2D eigenvalue weighted by molar-refractivity contribution is 1.18. The highest BCUT2D eigenvalue weighted by Crippen LogP contribution is 2.40. The second-order valence-corrected chi connectivity index (χ2v) is 13.4. The molecular weight excluding hydrogens is 645 g/mol. The van der Waals surface area contributed by atoms with Gasteiger partial charge in [0, 0.05) is 32.8 Å². The summed E-state index contributed by atoms with van der Waals surface area (Å²) in [6.07, 6.45) is 0. The van der Waals surface area contributed by atoms with Gasteiger partial charge in [-0.1, -0.05) is 115 Å². The first-order valence-electron chi connectivity index (χ1n) is 17.5. The van der Waals surface area contributed by atoms with Crippen LogP contribution in [-0.4, -0.2) is 9.55 Å². The molecule has 2 aromatic heterocycles. The Bertz CT molecular complexity index is 3160. The summed E-state index contributed by atoms with van der Waals surface area (Å²) >= 11 is 0. The number of aromatic nitrogens is 2. The number of rotatable bonds is 4. The number of benzene rings is 8. The van der Waals surface area contributed by atoms with Gasteiger partial charge in [-0.15, -0.1) is 0 Å². The third-order valence-electron chi connectivity index (χ3n) is 10.4. The molecule has 0 atom stereocenters. The average Bonchev–Trinajstić information content (AvgIpc) is 3.56. The Morgan fingerprint density at radius 3 is 1.91 bits per heavy atom. The number of nitrogens with zero attached hydrogens (tertiary/aromatic N) is 4. The second-order valence-electron chi connectivity index (χ2n) is 13.4. The molecule has 0 unspecified atom stereocenters. The lowest BCUT2D eigenvalue weighted by Gasteiger charge is -2.14. The molecule has 0 saturated carbocycles. The summed E-state index contributed by atoms with van der Waals surface area (Å²) in [5.74, 6) is 0. The Labute approximate surface area is 305 Å². The minimum Gasteiger partial charge on any atom is -0.309 e. The van der Waals surface area contributed by atoms with Gasteiger partial charge in [0.05, 0.1) is 40.4 Å². The van der Waals surface area contributed by atoms with E-state index >= 15 is 0 Å². The maximum Gasteiger partial charge on any atom is 0.188 e. The standard InChI is InChI=1S/C49H28N4/c1-51-38-22-26-47-44(29-38)43-27-36(21-25-46(43)53(47)39-8-3-2-4-9-39)33-15-17-35(18-16-33)49-42-24-19-34-7-5-6-10-40(34)48(42)41-23-20-37(28-45(41)52-49)32-13-11-31(30-50)12-14-32/h2-29H. The molecule has 2 heterocycles. The van der Waals surface area contributed by atoms with E-state index in [9.17, 15) is 5.26 Å².